The number of nitrogens with one attached hydrogen (secondary N) is 2. The molecule has 0 bridgehead atoms. The number of rotatable bonds is 12. The van der Waals surface area contributed by atoms with Gasteiger partial charge in [-0.2, -0.15) is 0 Å². The second kappa shape index (κ2) is 14.6. The van der Waals surface area contributed by atoms with Crippen LogP contribution in [0.25, 0.3) is 10.9 Å². The number of ether oxygens (including phenoxy) is 1. The van der Waals surface area contributed by atoms with Gasteiger partial charge in [0, 0.05) is 47.2 Å². The van der Waals surface area contributed by atoms with Gasteiger partial charge in [-0.05, 0) is 58.1 Å². The Bertz CT molecular complexity index is 1930. The third kappa shape index (κ3) is 6.99. The van der Waals surface area contributed by atoms with Gasteiger partial charge in [-0.25, -0.2) is 17.6 Å². The fraction of sp³-hybridized carbons (Fsp3) is 0.381. The molecule has 0 aliphatic carbocycles. The zero-order valence-electron chi connectivity index (χ0n) is 30.2. The van der Waals surface area contributed by atoms with E-state index < -0.39 is 56.1 Å². The molecule has 1 aromatic heterocycles. The predicted molar refractivity (Wildman–Crippen MR) is 201 cm³/mol. The minimum Gasteiger partial charge on any atom is -0.401 e. The van der Waals surface area contributed by atoms with Crippen LogP contribution in [0.3, 0.4) is 0 Å². The lowest BCUT2D eigenvalue weighted by Crippen LogP contribution is -2.67. The Morgan fingerprint density at radius 2 is 1.44 bits per heavy atom. The van der Waals surface area contributed by atoms with Crippen LogP contribution in [0.5, 0.6) is 0 Å². The van der Waals surface area contributed by atoms with Gasteiger partial charge in [0.1, 0.15) is 11.6 Å². The number of H-pyrrole nitrogens is 1. The van der Waals surface area contributed by atoms with Crippen molar-refractivity contribution in [3.63, 3.8) is 0 Å². The molecule has 0 radical (unpaired) electrons. The Morgan fingerprint density at radius 1 is 0.846 bits per heavy atom. The molecule has 0 saturated carbocycles. The molecule has 10 heteroatoms. The number of nitrogens with zero attached hydrogens (tertiary/aromatic N) is 1. The summed E-state index contributed by atoms with van der Waals surface area (Å²) in [7, 11) is -3.28. The highest BCUT2D eigenvalue weighted by atomic mass is 28.4. The third-order valence-electron chi connectivity index (χ3n) is 10.7. The highest BCUT2D eigenvalue weighted by Gasteiger charge is 2.52. The number of halogens is 4. The van der Waals surface area contributed by atoms with Crippen molar-refractivity contribution >= 4 is 29.6 Å². The number of para-hydroxylation sites is 1. The molecule has 2 atom stereocenters. The van der Waals surface area contributed by atoms with E-state index in [1.807, 2.05) is 113 Å². The van der Waals surface area contributed by atoms with Crippen LogP contribution in [-0.4, -0.2) is 63.0 Å². The largest absolute Gasteiger partial charge is 0.401 e. The van der Waals surface area contributed by atoms with E-state index in [1.54, 1.807) is 4.90 Å². The van der Waals surface area contributed by atoms with Crippen molar-refractivity contribution in [3.8, 4) is 0 Å². The van der Waals surface area contributed by atoms with Crippen LogP contribution in [0.15, 0.2) is 97.1 Å². The first kappa shape index (κ1) is 36.6. The SMILES string of the molecule is C[C@@H]1Cc2c([nH]c3ccccc23)[C@@H](c2c(F)cc(COCC3CNC3)cc2F)N1CC(F)(F)CO[Si](c1ccccc1)(c1ccccc1)C(C)(C)C. The van der Waals surface area contributed by atoms with E-state index in [4.69, 9.17) is 9.16 Å². The van der Waals surface area contributed by atoms with E-state index in [-0.39, 0.29) is 12.2 Å². The molecule has 1 fully saturated rings. The Morgan fingerprint density at radius 3 is 2.02 bits per heavy atom. The van der Waals surface area contributed by atoms with Crippen LogP contribution < -0.4 is 15.7 Å². The van der Waals surface area contributed by atoms with Crippen molar-refractivity contribution in [2.45, 2.75) is 63.8 Å². The van der Waals surface area contributed by atoms with Gasteiger partial charge in [-0.15, -0.1) is 0 Å². The first-order valence-electron chi connectivity index (χ1n) is 18.1. The molecule has 0 amide bonds. The number of benzene rings is 4. The molecule has 274 valence electrons. The minimum absolute atomic E-state index is 0.0602. The summed E-state index contributed by atoms with van der Waals surface area (Å²) in [5.41, 5.74) is 2.32. The molecule has 5 nitrogen and oxygen atoms in total. The average molecular weight is 730 g/mol. The van der Waals surface area contributed by atoms with Crippen LogP contribution >= 0.6 is 0 Å². The van der Waals surface area contributed by atoms with Crippen molar-refractivity contribution in [1.82, 2.24) is 15.2 Å². The van der Waals surface area contributed by atoms with E-state index in [9.17, 15) is 0 Å². The van der Waals surface area contributed by atoms with Crippen LogP contribution in [0.2, 0.25) is 5.04 Å². The summed E-state index contributed by atoms with van der Waals surface area (Å²) < 4.78 is 78.5. The fourth-order valence-corrected chi connectivity index (χ4v) is 12.7. The van der Waals surface area contributed by atoms with Crippen molar-refractivity contribution < 1.29 is 26.7 Å². The molecule has 52 heavy (non-hydrogen) atoms. The standard InChI is InChI=1S/C42H47F4N3O2Si/c1-28-19-34-33-17-11-12-18-37(33)48-39(34)40(38-35(43)20-29(21-36(38)44)24-50-25-30-22-47-23-30)49(28)26-42(45,46)27-51-52(41(2,3)4,31-13-7-5-8-14-31)32-15-9-6-10-16-32/h5-18,20-21,28,30,40,47-48H,19,22-27H2,1-4H3/t28-,40-/m1/s1. The maximum absolute atomic E-state index is 16.7. The van der Waals surface area contributed by atoms with Gasteiger partial charge in [0.2, 0.25) is 0 Å². The maximum atomic E-state index is 16.7. The molecule has 4 aromatic carbocycles. The van der Waals surface area contributed by atoms with E-state index in [0.717, 1.165) is 39.9 Å². The van der Waals surface area contributed by atoms with Crippen LogP contribution in [-0.2, 0) is 22.2 Å². The first-order valence-corrected chi connectivity index (χ1v) is 20.0. The highest BCUT2D eigenvalue weighted by molar-refractivity contribution is 6.99. The second-order valence-corrected chi connectivity index (χ2v) is 19.8. The number of hydrogen-bond donors (Lipinski definition) is 2. The zero-order chi connectivity index (χ0) is 36.7. The second-order valence-electron chi connectivity index (χ2n) is 15.5. The summed E-state index contributed by atoms with van der Waals surface area (Å²) in [5, 5.41) is 5.40. The van der Waals surface area contributed by atoms with Crippen LogP contribution in [0.1, 0.15) is 56.1 Å². The summed E-state index contributed by atoms with van der Waals surface area (Å²) in [6.07, 6.45) is 0.437. The molecule has 0 spiro atoms. The quantitative estimate of drug-likeness (QED) is 0.102. The van der Waals surface area contributed by atoms with Gasteiger partial charge >= 0.3 is 0 Å². The number of hydrogen-bond acceptors (Lipinski definition) is 4. The van der Waals surface area contributed by atoms with Gasteiger partial charge in [-0.1, -0.05) is 99.6 Å². The summed E-state index contributed by atoms with van der Waals surface area (Å²) >= 11 is 0. The van der Waals surface area contributed by atoms with Gasteiger partial charge in [0.25, 0.3) is 14.2 Å². The van der Waals surface area contributed by atoms with Crippen molar-refractivity contribution in [3.05, 3.63) is 131 Å². The molecule has 0 unspecified atom stereocenters. The zero-order valence-corrected chi connectivity index (χ0v) is 31.2. The van der Waals surface area contributed by atoms with E-state index >= 15 is 17.6 Å². The molecule has 3 heterocycles. The van der Waals surface area contributed by atoms with Gasteiger partial charge in [0.15, 0.2) is 0 Å². The molecular formula is C42H47F4N3O2Si. The highest BCUT2D eigenvalue weighted by Crippen LogP contribution is 2.44. The molecule has 2 aliphatic heterocycles. The maximum Gasteiger partial charge on any atom is 0.282 e. The lowest BCUT2D eigenvalue weighted by atomic mass is 9.87. The Balaban J connectivity index is 1.24. The Labute approximate surface area is 304 Å². The van der Waals surface area contributed by atoms with Crippen LogP contribution in [0, 0.1) is 17.6 Å². The number of fused-ring (bicyclic) bond motifs is 3. The number of alkyl halides is 2. The Kier molecular flexibility index (Phi) is 10.2. The van der Waals surface area contributed by atoms with Crippen molar-refractivity contribution in [2.24, 2.45) is 5.92 Å². The van der Waals surface area contributed by atoms with E-state index in [0.29, 0.717) is 30.2 Å². The third-order valence-corrected chi connectivity index (χ3v) is 15.7. The van der Waals surface area contributed by atoms with Crippen molar-refractivity contribution in [1.29, 1.82) is 0 Å². The normalized spacial score (nSPS) is 18.8. The predicted octanol–water partition coefficient (Wildman–Crippen LogP) is 7.73. The summed E-state index contributed by atoms with van der Waals surface area (Å²) in [6.45, 7) is 8.64. The summed E-state index contributed by atoms with van der Waals surface area (Å²) in [5.74, 6) is -4.57. The summed E-state index contributed by atoms with van der Waals surface area (Å²) in [4.78, 5) is 4.92. The van der Waals surface area contributed by atoms with E-state index in [2.05, 4.69) is 10.3 Å². The van der Waals surface area contributed by atoms with E-state index in [1.165, 1.54) is 12.1 Å². The van der Waals surface area contributed by atoms with Gasteiger partial charge in [0.05, 0.1) is 32.4 Å². The molecular weight excluding hydrogens is 683 g/mol. The lowest BCUT2D eigenvalue weighted by molar-refractivity contribution is -0.0825. The number of aromatic nitrogens is 1. The minimum atomic E-state index is -3.37. The first-order chi connectivity index (χ1) is 24.9. The number of aromatic amines is 1. The van der Waals surface area contributed by atoms with Crippen LogP contribution in [0.4, 0.5) is 17.6 Å². The Hall–Kier alpha value is -3.80. The molecule has 1 saturated heterocycles. The van der Waals surface area contributed by atoms with Crippen molar-refractivity contribution in [2.75, 3.05) is 32.8 Å². The topological polar surface area (TPSA) is 49.5 Å². The monoisotopic (exact) mass is 729 g/mol. The van der Waals surface area contributed by atoms with Gasteiger partial charge < -0.3 is 19.5 Å². The smallest absolute Gasteiger partial charge is 0.282 e. The van der Waals surface area contributed by atoms with Gasteiger partial charge in [-0.3, -0.25) is 4.90 Å². The fourth-order valence-electron chi connectivity index (χ4n) is 8.14. The molecule has 2 N–H and O–H groups in total. The lowest BCUT2D eigenvalue weighted by Gasteiger charge is -2.45. The average Bonchev–Trinajstić information content (AvgIpc) is 3.45. The summed E-state index contributed by atoms with van der Waals surface area (Å²) in [6, 6.07) is 28.0. The molecule has 7 rings (SSSR count). The molecule has 5 aromatic rings. The molecule has 2 aliphatic rings.